The Balaban J connectivity index is 1.29. The van der Waals surface area contributed by atoms with Crippen LogP contribution >= 0.6 is 0 Å². The number of ether oxygens (including phenoxy) is 1. The zero-order chi connectivity index (χ0) is 23.4. The maximum atomic E-state index is 16.4. The Labute approximate surface area is 195 Å². The number of rotatable bonds is 4. The number of Topliss-reactive ketones (excluding diaryl/α,β-unsaturated/α-hetero) is 1. The van der Waals surface area contributed by atoms with E-state index in [1.165, 1.54) is 18.2 Å². The van der Waals surface area contributed by atoms with Crippen molar-refractivity contribution in [1.82, 2.24) is 0 Å². The molecular weight excluding hydrogens is 420 g/mol. The van der Waals surface area contributed by atoms with Gasteiger partial charge in [-0.1, -0.05) is 13.8 Å². The predicted octanol–water partition coefficient (Wildman–Crippen LogP) is 6.64. The minimum absolute atomic E-state index is 0.00958. The molecule has 4 aliphatic rings. The molecule has 0 aromatic heterocycles. The van der Waals surface area contributed by atoms with Crippen molar-refractivity contribution >= 4 is 5.78 Å². The van der Waals surface area contributed by atoms with Crippen molar-refractivity contribution < 1.29 is 18.3 Å². The highest BCUT2D eigenvalue weighted by Gasteiger charge is 2.62. The van der Waals surface area contributed by atoms with Gasteiger partial charge in [-0.3, -0.25) is 4.79 Å². The van der Waals surface area contributed by atoms with Crippen LogP contribution in [-0.2, 0) is 4.79 Å². The fraction of sp³-hybridized carbons (Fsp3) is 0.714. The Morgan fingerprint density at radius 3 is 2.76 bits per heavy atom. The molecule has 4 saturated carbocycles. The molecule has 4 fully saturated rings. The summed E-state index contributed by atoms with van der Waals surface area (Å²) >= 11 is 0. The summed E-state index contributed by atoms with van der Waals surface area (Å²) in [6.07, 6.45) is 8.39. The van der Waals surface area contributed by atoms with Gasteiger partial charge in [-0.15, -0.1) is 0 Å². The van der Waals surface area contributed by atoms with Crippen LogP contribution in [0.4, 0.5) is 8.78 Å². The third-order valence-electron chi connectivity index (χ3n) is 10.1. The summed E-state index contributed by atoms with van der Waals surface area (Å²) < 4.78 is 36.1. The molecule has 2 unspecified atom stereocenters. The molecule has 0 N–H and O–H groups in total. The third-order valence-corrected chi connectivity index (χ3v) is 10.1. The molecule has 4 aliphatic carbocycles. The Bertz CT molecular complexity index is 973. The van der Waals surface area contributed by atoms with Gasteiger partial charge in [-0.05, 0) is 105 Å². The summed E-state index contributed by atoms with van der Waals surface area (Å²) in [7, 11) is 0. The normalized spacial score (nSPS) is 41.9. The van der Waals surface area contributed by atoms with Gasteiger partial charge < -0.3 is 4.74 Å². The van der Waals surface area contributed by atoms with E-state index in [2.05, 4.69) is 13.8 Å². The number of hydrogen-bond acceptors (Lipinski definition) is 3. The number of carbonyl (C=O) groups excluding carboxylic acids is 1. The first-order valence-electron chi connectivity index (χ1n) is 12.8. The number of benzene rings is 1. The number of hydrogen-bond donors (Lipinski definition) is 0. The van der Waals surface area contributed by atoms with Crippen molar-refractivity contribution in [2.75, 3.05) is 6.61 Å². The van der Waals surface area contributed by atoms with Gasteiger partial charge in [0.15, 0.2) is 17.3 Å². The predicted molar refractivity (Wildman–Crippen MR) is 122 cm³/mol. The second kappa shape index (κ2) is 8.36. The Hall–Kier alpha value is -1.96. The smallest absolute Gasteiger partial charge is 0.173 e. The summed E-state index contributed by atoms with van der Waals surface area (Å²) in [5.41, 5.74) is -0.830. The minimum Gasteiger partial charge on any atom is -0.483 e. The SMILES string of the molecule is C[C@H]1CC[C@]2(F)C3CC[C@@]4(C)C(CC[C@@H]4C(=O)COc4cc(C#N)ccc4F)[C@@H]3CC[C@@H]2C1. The standard InChI is InChI=1S/C28H35F2NO2/c1-17-9-12-28(30)19(13-17)4-5-20-21-6-7-23(27(21,2)11-10-22(20)28)25(32)16-33-26-14-18(15-31)3-8-24(26)29/h3,8,14,17,19-23H,4-7,9-13,16H2,1-2H3/t17-,19+,20-,21?,22?,23+,27-,28+/m0/s1. The highest BCUT2D eigenvalue weighted by Crippen LogP contribution is 2.66. The molecule has 178 valence electrons. The van der Waals surface area contributed by atoms with E-state index >= 15 is 4.39 Å². The molecule has 0 aliphatic heterocycles. The van der Waals surface area contributed by atoms with Crippen molar-refractivity contribution in [2.45, 2.75) is 77.3 Å². The molecule has 5 rings (SSSR count). The second-order valence-corrected chi connectivity index (χ2v) is 11.6. The maximum absolute atomic E-state index is 16.4. The Morgan fingerprint density at radius 1 is 1.15 bits per heavy atom. The van der Waals surface area contributed by atoms with Crippen molar-refractivity contribution in [3.63, 3.8) is 0 Å². The molecule has 0 bridgehead atoms. The molecular formula is C28H35F2NO2. The molecule has 33 heavy (non-hydrogen) atoms. The van der Waals surface area contributed by atoms with Gasteiger partial charge in [0.05, 0.1) is 11.6 Å². The first-order chi connectivity index (χ1) is 15.8. The Kier molecular flexibility index (Phi) is 5.78. The number of nitriles is 1. The number of fused-ring (bicyclic) bond motifs is 5. The van der Waals surface area contributed by atoms with E-state index in [9.17, 15) is 9.18 Å². The van der Waals surface area contributed by atoms with E-state index in [1.807, 2.05) is 6.07 Å². The van der Waals surface area contributed by atoms with E-state index in [0.29, 0.717) is 29.7 Å². The number of ketones is 1. The van der Waals surface area contributed by atoms with Gasteiger partial charge in [0.1, 0.15) is 12.3 Å². The lowest BCUT2D eigenvalue weighted by molar-refractivity contribution is -0.146. The zero-order valence-electron chi connectivity index (χ0n) is 19.8. The monoisotopic (exact) mass is 455 g/mol. The fourth-order valence-corrected chi connectivity index (χ4v) is 8.46. The molecule has 0 spiro atoms. The Morgan fingerprint density at radius 2 is 1.97 bits per heavy atom. The van der Waals surface area contributed by atoms with Gasteiger partial charge in [0.2, 0.25) is 0 Å². The molecule has 1 aromatic rings. The lowest BCUT2D eigenvalue weighted by Gasteiger charge is -2.58. The topological polar surface area (TPSA) is 50.1 Å². The van der Waals surface area contributed by atoms with Crippen LogP contribution in [0.5, 0.6) is 5.75 Å². The average molecular weight is 456 g/mol. The summed E-state index contributed by atoms with van der Waals surface area (Å²) in [5, 5.41) is 9.04. The maximum Gasteiger partial charge on any atom is 0.173 e. The highest BCUT2D eigenvalue weighted by atomic mass is 19.1. The van der Waals surface area contributed by atoms with Crippen molar-refractivity contribution in [3.05, 3.63) is 29.6 Å². The van der Waals surface area contributed by atoms with E-state index in [4.69, 9.17) is 10.00 Å². The lowest BCUT2D eigenvalue weighted by Crippen LogP contribution is -2.56. The molecule has 0 heterocycles. The van der Waals surface area contributed by atoms with Crippen molar-refractivity contribution in [3.8, 4) is 11.8 Å². The highest BCUT2D eigenvalue weighted by molar-refractivity contribution is 5.83. The van der Waals surface area contributed by atoms with E-state index < -0.39 is 11.5 Å². The number of carbonyl (C=O) groups is 1. The van der Waals surface area contributed by atoms with Crippen LogP contribution < -0.4 is 4.74 Å². The van der Waals surface area contributed by atoms with Crippen LogP contribution in [0, 0.1) is 58.1 Å². The van der Waals surface area contributed by atoms with Gasteiger partial charge in [-0.25, -0.2) is 8.78 Å². The molecule has 0 radical (unpaired) electrons. The van der Waals surface area contributed by atoms with Crippen LogP contribution in [0.3, 0.4) is 0 Å². The largest absolute Gasteiger partial charge is 0.483 e. The molecule has 5 heteroatoms. The zero-order valence-corrected chi connectivity index (χ0v) is 19.8. The van der Waals surface area contributed by atoms with Gasteiger partial charge in [-0.2, -0.15) is 5.26 Å². The molecule has 8 atom stereocenters. The van der Waals surface area contributed by atoms with Gasteiger partial charge >= 0.3 is 0 Å². The van der Waals surface area contributed by atoms with Crippen LogP contribution in [0.1, 0.15) is 77.2 Å². The summed E-state index contributed by atoms with van der Waals surface area (Å²) in [6.45, 7) is 4.32. The van der Waals surface area contributed by atoms with Gasteiger partial charge in [0.25, 0.3) is 0 Å². The second-order valence-electron chi connectivity index (χ2n) is 11.6. The number of alkyl halides is 1. The van der Waals surface area contributed by atoms with Crippen molar-refractivity contribution in [2.24, 2.45) is 40.9 Å². The fourth-order valence-electron chi connectivity index (χ4n) is 8.46. The molecule has 0 saturated heterocycles. The molecule has 0 amide bonds. The first kappa shape index (κ1) is 22.8. The van der Waals surface area contributed by atoms with Crippen LogP contribution in [0.2, 0.25) is 0 Å². The first-order valence-corrected chi connectivity index (χ1v) is 12.8. The summed E-state index contributed by atoms with van der Waals surface area (Å²) in [4.78, 5) is 13.2. The number of nitrogens with zero attached hydrogens (tertiary/aromatic N) is 1. The third kappa shape index (κ3) is 3.69. The quantitative estimate of drug-likeness (QED) is 0.511. The van der Waals surface area contributed by atoms with Crippen LogP contribution in [-0.4, -0.2) is 18.1 Å². The van der Waals surface area contributed by atoms with Crippen LogP contribution in [0.15, 0.2) is 18.2 Å². The van der Waals surface area contributed by atoms with Gasteiger partial charge in [0, 0.05) is 12.0 Å². The molecule has 1 aromatic carbocycles. The van der Waals surface area contributed by atoms with Crippen molar-refractivity contribution in [1.29, 1.82) is 5.26 Å². The minimum atomic E-state index is -1.01. The average Bonchev–Trinajstić information content (AvgIpc) is 3.16. The van der Waals surface area contributed by atoms with Crippen LogP contribution in [0.25, 0.3) is 0 Å². The van der Waals surface area contributed by atoms with E-state index in [-0.39, 0.29) is 41.3 Å². The van der Waals surface area contributed by atoms with E-state index in [1.54, 1.807) is 0 Å². The number of halogens is 2. The lowest BCUT2D eigenvalue weighted by atomic mass is 9.48. The summed E-state index contributed by atoms with van der Waals surface area (Å²) in [5.74, 6) is 1.04. The summed E-state index contributed by atoms with van der Waals surface area (Å²) in [6, 6.07) is 5.90. The molecule has 3 nitrogen and oxygen atoms in total. The van der Waals surface area contributed by atoms with E-state index in [0.717, 1.165) is 51.4 Å².